The summed E-state index contributed by atoms with van der Waals surface area (Å²) >= 11 is 1.95. The minimum atomic E-state index is 0.0534. The highest BCUT2D eigenvalue weighted by molar-refractivity contribution is 8.03. The van der Waals surface area contributed by atoms with Gasteiger partial charge in [0.25, 0.3) is 0 Å². The molecule has 4 rings (SSSR count). The highest BCUT2D eigenvalue weighted by atomic mass is 32.2. The first-order valence-electron chi connectivity index (χ1n) is 8.47. The van der Waals surface area contributed by atoms with Gasteiger partial charge >= 0.3 is 0 Å². The third-order valence-electron chi connectivity index (χ3n) is 5.32. The van der Waals surface area contributed by atoms with Gasteiger partial charge in [-0.05, 0) is 43.9 Å². The summed E-state index contributed by atoms with van der Waals surface area (Å²) in [7, 11) is 0. The van der Waals surface area contributed by atoms with Crippen LogP contribution >= 0.6 is 11.8 Å². The maximum Gasteiger partial charge on any atom is 0.100 e. The SMILES string of the molecule is C1=C(Sc2ccccc2)C2(CCCC2)OC12CCCCC2. The van der Waals surface area contributed by atoms with Crippen molar-refractivity contribution in [1.82, 2.24) is 0 Å². The van der Waals surface area contributed by atoms with Gasteiger partial charge in [0.05, 0.1) is 5.60 Å². The highest BCUT2D eigenvalue weighted by Gasteiger charge is 2.51. The molecule has 1 heterocycles. The van der Waals surface area contributed by atoms with Crippen LogP contribution in [0.15, 0.2) is 46.2 Å². The van der Waals surface area contributed by atoms with Crippen molar-refractivity contribution in [2.75, 3.05) is 0 Å². The quantitative estimate of drug-likeness (QED) is 0.692. The Kier molecular flexibility index (Phi) is 3.63. The zero-order chi connectivity index (χ0) is 14.2. The molecule has 1 aromatic rings. The number of benzene rings is 1. The van der Waals surface area contributed by atoms with E-state index in [1.165, 1.54) is 67.6 Å². The first-order valence-corrected chi connectivity index (χ1v) is 9.29. The fourth-order valence-corrected chi connectivity index (χ4v) is 5.52. The Bertz CT molecular complexity index is 522. The van der Waals surface area contributed by atoms with Gasteiger partial charge in [0.2, 0.25) is 0 Å². The van der Waals surface area contributed by atoms with Crippen LogP contribution in [0.4, 0.5) is 0 Å². The van der Waals surface area contributed by atoms with E-state index >= 15 is 0 Å². The topological polar surface area (TPSA) is 9.23 Å². The third kappa shape index (κ3) is 2.57. The molecule has 0 atom stereocenters. The second-order valence-corrected chi connectivity index (χ2v) is 7.97. The molecule has 21 heavy (non-hydrogen) atoms. The fourth-order valence-electron chi connectivity index (χ4n) is 4.27. The largest absolute Gasteiger partial charge is 0.359 e. The maximum absolute atomic E-state index is 6.81. The van der Waals surface area contributed by atoms with Crippen LogP contribution in [0.3, 0.4) is 0 Å². The molecule has 1 aliphatic heterocycles. The summed E-state index contributed by atoms with van der Waals surface area (Å²) in [6.45, 7) is 0. The Morgan fingerprint density at radius 1 is 0.810 bits per heavy atom. The predicted molar refractivity (Wildman–Crippen MR) is 88.5 cm³/mol. The molecule has 0 radical (unpaired) electrons. The Hall–Kier alpha value is -0.730. The molecule has 2 spiro atoms. The van der Waals surface area contributed by atoms with Crippen molar-refractivity contribution in [3.63, 3.8) is 0 Å². The Balaban J connectivity index is 1.64. The number of hydrogen-bond donors (Lipinski definition) is 0. The van der Waals surface area contributed by atoms with Crippen LogP contribution < -0.4 is 0 Å². The van der Waals surface area contributed by atoms with E-state index < -0.39 is 0 Å². The number of thioether (sulfide) groups is 1. The first-order chi connectivity index (χ1) is 10.3. The molecule has 0 amide bonds. The van der Waals surface area contributed by atoms with Crippen molar-refractivity contribution in [1.29, 1.82) is 0 Å². The van der Waals surface area contributed by atoms with E-state index in [1.54, 1.807) is 0 Å². The van der Waals surface area contributed by atoms with Crippen LogP contribution in [-0.4, -0.2) is 11.2 Å². The average molecular weight is 300 g/mol. The normalized spacial score (nSPS) is 26.4. The molecule has 3 aliphatic rings. The Morgan fingerprint density at radius 2 is 1.48 bits per heavy atom. The van der Waals surface area contributed by atoms with Crippen LogP contribution in [0.2, 0.25) is 0 Å². The van der Waals surface area contributed by atoms with Crippen molar-refractivity contribution in [2.45, 2.75) is 73.9 Å². The van der Waals surface area contributed by atoms with E-state index in [-0.39, 0.29) is 11.2 Å². The summed E-state index contributed by atoms with van der Waals surface area (Å²) in [5.74, 6) is 0. The molecule has 0 N–H and O–H groups in total. The van der Waals surface area contributed by atoms with Crippen LogP contribution in [0, 0.1) is 0 Å². The van der Waals surface area contributed by atoms with E-state index in [2.05, 4.69) is 36.4 Å². The average Bonchev–Trinajstić information content (AvgIpc) is 3.08. The van der Waals surface area contributed by atoms with Crippen LogP contribution in [-0.2, 0) is 4.74 Å². The lowest BCUT2D eigenvalue weighted by Gasteiger charge is -2.36. The smallest absolute Gasteiger partial charge is 0.100 e. The molecule has 0 aromatic heterocycles. The molecule has 0 unspecified atom stereocenters. The second-order valence-electron chi connectivity index (χ2n) is 6.85. The molecule has 1 aromatic carbocycles. The third-order valence-corrected chi connectivity index (χ3v) is 6.54. The fraction of sp³-hybridized carbons (Fsp3) is 0.579. The lowest BCUT2D eigenvalue weighted by Crippen LogP contribution is -2.37. The van der Waals surface area contributed by atoms with Gasteiger partial charge in [-0.25, -0.2) is 0 Å². The molecular weight excluding hydrogens is 276 g/mol. The molecule has 2 heteroatoms. The van der Waals surface area contributed by atoms with E-state index in [0.717, 1.165) is 0 Å². The highest BCUT2D eigenvalue weighted by Crippen LogP contribution is 2.56. The second kappa shape index (κ2) is 5.48. The zero-order valence-corrected chi connectivity index (χ0v) is 13.5. The summed E-state index contributed by atoms with van der Waals surface area (Å²) in [6.07, 6.45) is 14.1. The lowest BCUT2D eigenvalue weighted by atomic mass is 9.85. The van der Waals surface area contributed by atoms with E-state index in [0.29, 0.717) is 0 Å². The summed E-state index contributed by atoms with van der Waals surface area (Å²) in [6, 6.07) is 10.8. The molecule has 112 valence electrons. The standard InChI is InChI=1S/C19H24OS/c1-3-9-16(10-4-1)21-17-15-18(11-5-2-6-12-18)20-19(17)13-7-8-14-19/h1,3-4,9-10,15H,2,5-8,11-14H2. The molecule has 2 aliphatic carbocycles. The van der Waals surface area contributed by atoms with Gasteiger partial charge in [-0.3, -0.25) is 0 Å². The van der Waals surface area contributed by atoms with Crippen LogP contribution in [0.5, 0.6) is 0 Å². The zero-order valence-electron chi connectivity index (χ0n) is 12.6. The van der Waals surface area contributed by atoms with Crippen molar-refractivity contribution >= 4 is 11.8 Å². The maximum atomic E-state index is 6.81. The van der Waals surface area contributed by atoms with Crippen LogP contribution in [0.1, 0.15) is 57.8 Å². The molecule has 0 bridgehead atoms. The van der Waals surface area contributed by atoms with Gasteiger partial charge in [-0.2, -0.15) is 0 Å². The minimum Gasteiger partial charge on any atom is -0.359 e. The van der Waals surface area contributed by atoms with Gasteiger partial charge in [-0.1, -0.05) is 62.1 Å². The van der Waals surface area contributed by atoms with Gasteiger partial charge < -0.3 is 4.74 Å². The van der Waals surface area contributed by atoms with E-state index in [1.807, 2.05) is 11.8 Å². The molecular formula is C19H24OS. The molecule has 2 fully saturated rings. The summed E-state index contributed by atoms with van der Waals surface area (Å²) < 4.78 is 6.81. The Morgan fingerprint density at radius 3 is 2.19 bits per heavy atom. The summed E-state index contributed by atoms with van der Waals surface area (Å²) in [4.78, 5) is 2.86. The van der Waals surface area contributed by atoms with Crippen LogP contribution in [0.25, 0.3) is 0 Å². The minimum absolute atomic E-state index is 0.0534. The van der Waals surface area contributed by atoms with E-state index in [9.17, 15) is 0 Å². The van der Waals surface area contributed by atoms with Gasteiger partial charge in [0.1, 0.15) is 5.60 Å². The molecule has 2 saturated carbocycles. The summed E-state index contributed by atoms with van der Waals surface area (Å²) in [5, 5.41) is 0. The summed E-state index contributed by atoms with van der Waals surface area (Å²) in [5.41, 5.74) is 0.123. The number of ether oxygens (including phenoxy) is 1. The Labute approximate surface area is 132 Å². The number of hydrogen-bond acceptors (Lipinski definition) is 2. The predicted octanol–water partition coefficient (Wildman–Crippen LogP) is 5.71. The van der Waals surface area contributed by atoms with Crippen molar-refractivity contribution < 1.29 is 4.74 Å². The van der Waals surface area contributed by atoms with Gasteiger partial charge in [-0.15, -0.1) is 0 Å². The monoisotopic (exact) mass is 300 g/mol. The van der Waals surface area contributed by atoms with Crippen molar-refractivity contribution in [2.24, 2.45) is 0 Å². The van der Waals surface area contributed by atoms with Gasteiger partial charge in [0, 0.05) is 9.80 Å². The molecule has 0 saturated heterocycles. The van der Waals surface area contributed by atoms with E-state index in [4.69, 9.17) is 4.74 Å². The van der Waals surface area contributed by atoms with Crippen molar-refractivity contribution in [3.8, 4) is 0 Å². The molecule has 1 nitrogen and oxygen atoms in total. The first kappa shape index (κ1) is 13.9. The number of rotatable bonds is 2. The van der Waals surface area contributed by atoms with Gasteiger partial charge in [0.15, 0.2) is 0 Å². The lowest BCUT2D eigenvalue weighted by molar-refractivity contribution is -0.102. The van der Waals surface area contributed by atoms with Crippen molar-refractivity contribution in [3.05, 3.63) is 41.3 Å².